The van der Waals surface area contributed by atoms with Crippen molar-refractivity contribution < 1.29 is 0 Å². The van der Waals surface area contributed by atoms with E-state index >= 15 is 0 Å². The number of piperidine rings is 1. The summed E-state index contributed by atoms with van der Waals surface area (Å²) in [6.45, 7) is 1.82. The van der Waals surface area contributed by atoms with Gasteiger partial charge >= 0.3 is 0 Å². The molecule has 1 aromatic heterocycles. The van der Waals surface area contributed by atoms with Crippen LogP contribution in [0.25, 0.3) is 0 Å². The van der Waals surface area contributed by atoms with E-state index in [2.05, 4.69) is 30.8 Å². The lowest BCUT2D eigenvalue weighted by atomic mass is 10.0. The first kappa shape index (κ1) is 11.9. The molecule has 1 aliphatic heterocycles. The second-order valence-corrected chi connectivity index (χ2v) is 5.00. The molecule has 1 saturated heterocycles. The largest absolute Gasteiger partial charge is 0.355 e. The number of H-pyrrole nitrogens is 1. The fourth-order valence-electron chi connectivity index (χ4n) is 1.98. The van der Waals surface area contributed by atoms with Gasteiger partial charge in [0.25, 0.3) is 5.56 Å². The smallest absolute Gasteiger partial charge is 0.271 e. The van der Waals surface area contributed by atoms with Crippen molar-refractivity contribution in [1.29, 1.82) is 0 Å². The van der Waals surface area contributed by atoms with Gasteiger partial charge in [0, 0.05) is 18.4 Å². The van der Waals surface area contributed by atoms with E-state index in [9.17, 15) is 4.79 Å². The van der Waals surface area contributed by atoms with Gasteiger partial charge in [0.05, 0.1) is 6.33 Å². The van der Waals surface area contributed by atoms with Crippen molar-refractivity contribution in [2.75, 3.05) is 23.3 Å². The minimum absolute atomic E-state index is 0.192. The fourth-order valence-corrected chi connectivity index (χ4v) is 2.73. The maximum absolute atomic E-state index is 11.4. The molecule has 0 aliphatic carbocycles. The number of hydrogen-bond acceptors (Lipinski definition) is 3. The third kappa shape index (κ3) is 2.40. The van der Waals surface area contributed by atoms with E-state index in [0.717, 1.165) is 24.8 Å². The Bertz CT molecular complexity index is 423. The first-order chi connectivity index (χ1) is 7.72. The van der Waals surface area contributed by atoms with Gasteiger partial charge in [0.2, 0.25) is 0 Å². The maximum Gasteiger partial charge on any atom is 0.271 e. The lowest BCUT2D eigenvalue weighted by Crippen LogP contribution is -2.37. The number of rotatable bonds is 2. The molecule has 88 valence electrons. The third-order valence-corrected chi connectivity index (χ3v) is 4.07. The molecule has 0 aromatic carbocycles. The highest BCUT2D eigenvalue weighted by Crippen LogP contribution is 2.25. The zero-order valence-electron chi connectivity index (χ0n) is 8.75. The Balaban J connectivity index is 2.23. The van der Waals surface area contributed by atoms with Crippen LogP contribution in [0.5, 0.6) is 0 Å². The van der Waals surface area contributed by atoms with Crippen molar-refractivity contribution in [3.8, 4) is 0 Å². The maximum atomic E-state index is 11.4. The normalized spacial score (nSPS) is 21.1. The molecule has 0 radical (unpaired) electrons. The predicted octanol–water partition coefficient (Wildman–Crippen LogP) is 2.03. The summed E-state index contributed by atoms with van der Waals surface area (Å²) in [5.74, 6) is 1.21. The highest BCUT2D eigenvalue weighted by molar-refractivity contribution is 9.09. The Hall–Kier alpha value is -0.550. The summed E-state index contributed by atoms with van der Waals surface area (Å²) in [5.41, 5.74) is -0.271. The van der Waals surface area contributed by atoms with Crippen LogP contribution in [0, 0.1) is 5.92 Å². The lowest BCUT2D eigenvalue weighted by Gasteiger charge is -2.32. The van der Waals surface area contributed by atoms with Crippen LogP contribution in [-0.4, -0.2) is 28.4 Å². The Morgan fingerprint density at radius 2 is 2.50 bits per heavy atom. The van der Waals surface area contributed by atoms with Gasteiger partial charge in [-0.05, 0) is 18.8 Å². The molecule has 1 aromatic rings. The first-order valence-electron chi connectivity index (χ1n) is 5.26. The molecule has 2 heterocycles. The summed E-state index contributed by atoms with van der Waals surface area (Å²) in [6.07, 6.45) is 3.73. The van der Waals surface area contributed by atoms with Crippen molar-refractivity contribution in [3.63, 3.8) is 0 Å². The summed E-state index contributed by atoms with van der Waals surface area (Å²) in [7, 11) is 0. The van der Waals surface area contributed by atoms with Crippen LogP contribution in [0.4, 0.5) is 5.82 Å². The minimum atomic E-state index is -0.271. The molecule has 1 N–H and O–H groups in total. The molecule has 1 atom stereocenters. The second-order valence-electron chi connectivity index (χ2n) is 3.98. The number of nitrogens with zero attached hydrogens (tertiary/aromatic N) is 2. The Morgan fingerprint density at radius 1 is 1.69 bits per heavy atom. The fraction of sp³-hybridized carbons (Fsp3) is 0.600. The van der Waals surface area contributed by atoms with Crippen molar-refractivity contribution in [3.05, 3.63) is 21.7 Å². The van der Waals surface area contributed by atoms with Gasteiger partial charge in [0.1, 0.15) is 5.02 Å². The molecular formula is C10H13BrClN3O. The van der Waals surface area contributed by atoms with E-state index in [-0.39, 0.29) is 10.6 Å². The lowest BCUT2D eigenvalue weighted by molar-refractivity contribution is 0.452. The Kier molecular flexibility index (Phi) is 3.86. The van der Waals surface area contributed by atoms with Gasteiger partial charge in [-0.1, -0.05) is 27.5 Å². The van der Waals surface area contributed by atoms with Crippen LogP contribution in [0.15, 0.2) is 11.1 Å². The van der Waals surface area contributed by atoms with Gasteiger partial charge in [-0.2, -0.15) is 0 Å². The second kappa shape index (κ2) is 5.19. The highest BCUT2D eigenvalue weighted by atomic mass is 79.9. The van der Waals surface area contributed by atoms with E-state index in [1.54, 1.807) is 0 Å². The average Bonchev–Trinajstić information content (AvgIpc) is 2.33. The molecule has 1 aliphatic rings. The zero-order valence-corrected chi connectivity index (χ0v) is 11.1. The topological polar surface area (TPSA) is 49.0 Å². The Labute approximate surface area is 107 Å². The van der Waals surface area contributed by atoms with E-state index in [1.807, 2.05) is 0 Å². The van der Waals surface area contributed by atoms with Crippen molar-refractivity contribution in [2.24, 2.45) is 5.92 Å². The Morgan fingerprint density at radius 3 is 3.25 bits per heavy atom. The first-order valence-corrected chi connectivity index (χ1v) is 6.76. The van der Waals surface area contributed by atoms with Crippen LogP contribution < -0.4 is 10.5 Å². The van der Waals surface area contributed by atoms with Gasteiger partial charge in [-0.15, -0.1) is 0 Å². The van der Waals surface area contributed by atoms with Crippen molar-refractivity contribution in [1.82, 2.24) is 9.97 Å². The molecule has 0 bridgehead atoms. The highest BCUT2D eigenvalue weighted by Gasteiger charge is 2.22. The van der Waals surface area contributed by atoms with Crippen LogP contribution >= 0.6 is 27.5 Å². The van der Waals surface area contributed by atoms with Gasteiger partial charge in [-0.3, -0.25) is 4.79 Å². The number of alkyl halides is 1. The minimum Gasteiger partial charge on any atom is -0.355 e. The molecule has 16 heavy (non-hydrogen) atoms. The number of halogens is 2. The molecule has 0 amide bonds. The number of aromatic amines is 1. The van der Waals surface area contributed by atoms with Gasteiger partial charge < -0.3 is 9.88 Å². The number of nitrogens with one attached hydrogen (secondary N) is 1. The quantitative estimate of drug-likeness (QED) is 0.851. The van der Waals surface area contributed by atoms with Gasteiger partial charge in [0.15, 0.2) is 5.82 Å². The molecule has 4 nitrogen and oxygen atoms in total. The standard InChI is InChI=1S/C10H13BrClN3O/c11-4-7-2-1-3-15(5-7)9-8(12)10(16)14-6-13-9/h6-7H,1-5H2,(H,13,14,16). The summed E-state index contributed by atoms with van der Waals surface area (Å²) < 4.78 is 0. The number of anilines is 1. The van der Waals surface area contributed by atoms with Crippen LogP contribution in [0.3, 0.4) is 0 Å². The van der Waals surface area contributed by atoms with E-state index in [0.29, 0.717) is 11.7 Å². The SMILES string of the molecule is O=c1[nH]cnc(N2CCCC(CBr)C2)c1Cl. The van der Waals surface area contributed by atoms with Crippen LogP contribution in [-0.2, 0) is 0 Å². The summed E-state index contributed by atoms with van der Waals surface area (Å²) in [5, 5.41) is 1.17. The van der Waals surface area contributed by atoms with E-state index < -0.39 is 0 Å². The molecule has 0 spiro atoms. The average molecular weight is 307 g/mol. The summed E-state index contributed by atoms with van der Waals surface area (Å²) >= 11 is 9.45. The van der Waals surface area contributed by atoms with Crippen LogP contribution in [0.2, 0.25) is 5.02 Å². The molecule has 1 unspecified atom stereocenters. The van der Waals surface area contributed by atoms with E-state index in [4.69, 9.17) is 11.6 Å². The molecular weight excluding hydrogens is 293 g/mol. The third-order valence-electron chi connectivity index (χ3n) is 2.81. The van der Waals surface area contributed by atoms with Crippen molar-refractivity contribution in [2.45, 2.75) is 12.8 Å². The predicted molar refractivity (Wildman–Crippen MR) is 68.6 cm³/mol. The molecule has 0 saturated carbocycles. The number of hydrogen-bond donors (Lipinski definition) is 1. The van der Waals surface area contributed by atoms with Crippen LogP contribution in [0.1, 0.15) is 12.8 Å². The summed E-state index contributed by atoms with van der Waals surface area (Å²) in [4.78, 5) is 20.1. The van der Waals surface area contributed by atoms with Crippen molar-refractivity contribution >= 4 is 33.3 Å². The summed E-state index contributed by atoms with van der Waals surface area (Å²) in [6, 6.07) is 0. The monoisotopic (exact) mass is 305 g/mol. The molecule has 6 heteroatoms. The van der Waals surface area contributed by atoms with E-state index in [1.165, 1.54) is 12.7 Å². The molecule has 1 fully saturated rings. The molecule has 2 rings (SSSR count). The number of aromatic nitrogens is 2. The zero-order chi connectivity index (χ0) is 11.5. The van der Waals surface area contributed by atoms with Gasteiger partial charge in [-0.25, -0.2) is 4.98 Å².